The van der Waals surface area contributed by atoms with Crippen molar-refractivity contribution in [1.29, 1.82) is 0 Å². The highest BCUT2D eigenvalue weighted by atomic mass is 32.2. The Hall–Kier alpha value is -0.820. The number of hydrogen-bond donors (Lipinski definition) is 2. The molecule has 0 aromatic heterocycles. The van der Waals surface area contributed by atoms with Crippen molar-refractivity contribution in [3.05, 3.63) is 0 Å². The number of aliphatic imine (C=N–C) groups is 1. The SMILES string of the molecule is CCNC(=NCCC(OCC)C1CCCC1)NC(C)CCS(C)(=O)=O. The Morgan fingerprint density at radius 3 is 2.48 bits per heavy atom. The Kier molecular flexibility index (Phi) is 10.4. The highest BCUT2D eigenvalue weighted by Crippen LogP contribution is 2.30. The molecule has 1 aliphatic rings. The highest BCUT2D eigenvalue weighted by molar-refractivity contribution is 7.90. The summed E-state index contributed by atoms with van der Waals surface area (Å²) in [5.74, 6) is 1.62. The van der Waals surface area contributed by atoms with Gasteiger partial charge in [0.15, 0.2) is 5.96 Å². The van der Waals surface area contributed by atoms with E-state index in [1.165, 1.54) is 31.9 Å². The number of sulfone groups is 1. The normalized spacial score (nSPS) is 19.0. The molecule has 1 aliphatic carbocycles. The lowest BCUT2D eigenvalue weighted by Crippen LogP contribution is -2.43. The van der Waals surface area contributed by atoms with Gasteiger partial charge in [0.2, 0.25) is 0 Å². The van der Waals surface area contributed by atoms with Crippen LogP contribution in [0.3, 0.4) is 0 Å². The molecule has 1 rings (SSSR count). The second kappa shape index (κ2) is 11.7. The minimum Gasteiger partial charge on any atom is -0.378 e. The van der Waals surface area contributed by atoms with E-state index in [2.05, 4.69) is 22.5 Å². The number of nitrogens with one attached hydrogen (secondary N) is 2. The van der Waals surface area contributed by atoms with E-state index in [9.17, 15) is 8.42 Å². The molecule has 6 nitrogen and oxygen atoms in total. The Labute approximate surface area is 154 Å². The van der Waals surface area contributed by atoms with Crippen LogP contribution in [-0.2, 0) is 14.6 Å². The van der Waals surface area contributed by atoms with E-state index in [-0.39, 0.29) is 11.8 Å². The summed E-state index contributed by atoms with van der Waals surface area (Å²) in [5.41, 5.74) is 0. The van der Waals surface area contributed by atoms with Gasteiger partial charge in [-0.2, -0.15) is 0 Å². The summed E-state index contributed by atoms with van der Waals surface area (Å²) in [5, 5.41) is 6.53. The maximum absolute atomic E-state index is 11.3. The van der Waals surface area contributed by atoms with Crippen LogP contribution in [0.2, 0.25) is 0 Å². The van der Waals surface area contributed by atoms with Gasteiger partial charge in [-0.05, 0) is 52.4 Å². The van der Waals surface area contributed by atoms with Gasteiger partial charge < -0.3 is 15.4 Å². The Balaban J connectivity index is 2.49. The summed E-state index contributed by atoms with van der Waals surface area (Å²) in [6.07, 6.45) is 8.28. The van der Waals surface area contributed by atoms with Gasteiger partial charge in [0.25, 0.3) is 0 Å². The Bertz CT molecular complexity index is 488. The van der Waals surface area contributed by atoms with Crippen molar-refractivity contribution in [2.75, 3.05) is 31.7 Å². The third-order valence-electron chi connectivity index (χ3n) is 4.64. The predicted octanol–water partition coefficient (Wildman–Crippen LogP) is 2.35. The van der Waals surface area contributed by atoms with Gasteiger partial charge in [-0.15, -0.1) is 0 Å². The Morgan fingerprint density at radius 1 is 1.24 bits per heavy atom. The molecule has 2 unspecified atom stereocenters. The molecule has 1 saturated carbocycles. The van der Waals surface area contributed by atoms with E-state index in [1.54, 1.807) is 0 Å². The smallest absolute Gasteiger partial charge is 0.191 e. The summed E-state index contributed by atoms with van der Waals surface area (Å²) >= 11 is 0. The summed E-state index contributed by atoms with van der Waals surface area (Å²) < 4.78 is 28.5. The first-order valence-corrected chi connectivity index (χ1v) is 11.8. The van der Waals surface area contributed by atoms with Crippen LogP contribution in [0.1, 0.15) is 59.3 Å². The molecule has 0 amide bonds. The second-order valence-electron chi connectivity index (χ2n) is 7.05. The Morgan fingerprint density at radius 2 is 1.92 bits per heavy atom. The maximum atomic E-state index is 11.3. The minimum atomic E-state index is -2.93. The van der Waals surface area contributed by atoms with Crippen LogP contribution < -0.4 is 10.6 Å². The van der Waals surface area contributed by atoms with Crippen molar-refractivity contribution in [3.8, 4) is 0 Å². The lowest BCUT2D eigenvalue weighted by Gasteiger charge is -2.23. The van der Waals surface area contributed by atoms with Gasteiger partial charge in [0.05, 0.1) is 11.9 Å². The van der Waals surface area contributed by atoms with Crippen molar-refractivity contribution >= 4 is 15.8 Å². The van der Waals surface area contributed by atoms with E-state index in [1.807, 2.05) is 13.8 Å². The van der Waals surface area contributed by atoms with Gasteiger partial charge >= 0.3 is 0 Å². The molecule has 2 N–H and O–H groups in total. The molecule has 0 bridgehead atoms. The lowest BCUT2D eigenvalue weighted by atomic mass is 9.98. The molecule has 0 aromatic carbocycles. The molecule has 25 heavy (non-hydrogen) atoms. The first kappa shape index (κ1) is 22.2. The number of guanidine groups is 1. The molecule has 0 saturated heterocycles. The van der Waals surface area contributed by atoms with E-state index in [0.29, 0.717) is 18.4 Å². The van der Waals surface area contributed by atoms with E-state index in [4.69, 9.17) is 4.74 Å². The molecular weight excluding hydrogens is 338 g/mol. The summed E-state index contributed by atoms with van der Waals surface area (Å²) in [6.45, 7) is 8.32. The number of nitrogens with zero attached hydrogens (tertiary/aromatic N) is 1. The van der Waals surface area contributed by atoms with Crippen LogP contribution in [0.4, 0.5) is 0 Å². The summed E-state index contributed by atoms with van der Waals surface area (Å²) in [4.78, 5) is 4.66. The van der Waals surface area contributed by atoms with E-state index < -0.39 is 9.84 Å². The first-order chi connectivity index (χ1) is 11.9. The van der Waals surface area contributed by atoms with Crippen molar-refractivity contribution in [1.82, 2.24) is 10.6 Å². The molecule has 0 spiro atoms. The average molecular weight is 376 g/mol. The first-order valence-electron chi connectivity index (χ1n) is 9.69. The zero-order valence-corrected chi connectivity index (χ0v) is 17.2. The summed E-state index contributed by atoms with van der Waals surface area (Å²) in [7, 11) is -2.93. The van der Waals surface area contributed by atoms with Crippen LogP contribution >= 0.6 is 0 Å². The number of hydrogen-bond acceptors (Lipinski definition) is 4. The van der Waals surface area contributed by atoms with E-state index >= 15 is 0 Å². The standard InChI is InChI=1S/C18H37N3O3S/c1-5-19-18(21-15(3)12-14-25(4,22)23)20-13-11-17(24-6-2)16-9-7-8-10-16/h15-17H,5-14H2,1-4H3,(H2,19,20,21). The third-order valence-corrected chi connectivity index (χ3v) is 5.62. The van der Waals surface area contributed by atoms with Crippen LogP contribution in [0.5, 0.6) is 0 Å². The fraction of sp³-hybridized carbons (Fsp3) is 0.944. The van der Waals surface area contributed by atoms with Crippen molar-refractivity contribution in [2.24, 2.45) is 10.9 Å². The van der Waals surface area contributed by atoms with Crippen molar-refractivity contribution < 1.29 is 13.2 Å². The van der Waals surface area contributed by atoms with Gasteiger partial charge in [-0.3, -0.25) is 4.99 Å². The van der Waals surface area contributed by atoms with Crippen LogP contribution in [-0.4, -0.2) is 58.2 Å². The minimum absolute atomic E-state index is 0.0602. The summed E-state index contributed by atoms with van der Waals surface area (Å²) in [6, 6.07) is 0.0602. The quantitative estimate of drug-likeness (QED) is 0.428. The highest BCUT2D eigenvalue weighted by Gasteiger charge is 2.25. The molecule has 7 heteroatoms. The van der Waals surface area contributed by atoms with Gasteiger partial charge in [-0.1, -0.05) is 12.8 Å². The molecular formula is C18H37N3O3S. The largest absolute Gasteiger partial charge is 0.378 e. The fourth-order valence-corrected chi connectivity index (χ4v) is 4.10. The van der Waals surface area contributed by atoms with Crippen molar-refractivity contribution in [3.63, 3.8) is 0 Å². The molecule has 148 valence electrons. The van der Waals surface area contributed by atoms with Gasteiger partial charge in [0.1, 0.15) is 9.84 Å². The third kappa shape index (κ3) is 10.0. The molecule has 0 radical (unpaired) electrons. The zero-order valence-electron chi connectivity index (χ0n) is 16.4. The predicted molar refractivity (Wildman–Crippen MR) is 105 cm³/mol. The topological polar surface area (TPSA) is 79.8 Å². The molecule has 1 fully saturated rings. The second-order valence-corrected chi connectivity index (χ2v) is 9.31. The van der Waals surface area contributed by atoms with Gasteiger partial charge in [-0.25, -0.2) is 8.42 Å². The average Bonchev–Trinajstić information content (AvgIpc) is 3.06. The maximum Gasteiger partial charge on any atom is 0.191 e. The number of ether oxygens (including phenoxy) is 1. The van der Waals surface area contributed by atoms with Crippen LogP contribution in [0, 0.1) is 5.92 Å². The monoisotopic (exact) mass is 375 g/mol. The molecule has 2 atom stereocenters. The number of rotatable bonds is 11. The zero-order chi connectivity index (χ0) is 18.7. The molecule has 0 aromatic rings. The van der Waals surface area contributed by atoms with Crippen LogP contribution in [0.15, 0.2) is 4.99 Å². The van der Waals surface area contributed by atoms with Crippen molar-refractivity contribution in [2.45, 2.75) is 71.4 Å². The fourth-order valence-electron chi connectivity index (χ4n) is 3.32. The van der Waals surface area contributed by atoms with Gasteiger partial charge in [0, 0.05) is 32.0 Å². The van der Waals surface area contributed by atoms with Crippen LogP contribution in [0.25, 0.3) is 0 Å². The molecule has 0 heterocycles. The molecule has 0 aliphatic heterocycles. The van der Waals surface area contributed by atoms with E-state index in [0.717, 1.165) is 32.1 Å². The lowest BCUT2D eigenvalue weighted by molar-refractivity contribution is 0.0177.